The van der Waals surface area contributed by atoms with Crippen LogP contribution in [0.5, 0.6) is 0 Å². The van der Waals surface area contributed by atoms with Crippen molar-refractivity contribution in [1.82, 2.24) is 15.1 Å². The number of likely N-dealkylation sites (tertiary alicyclic amines) is 2. The zero-order valence-electron chi connectivity index (χ0n) is 17.6. The molecule has 2 rings (SSSR count). The smallest absolute Gasteiger partial charge is 0.232 e. The predicted molar refractivity (Wildman–Crippen MR) is 106 cm³/mol. The van der Waals surface area contributed by atoms with E-state index >= 15 is 0 Å². The highest BCUT2D eigenvalue weighted by Gasteiger charge is 2.43. The maximum absolute atomic E-state index is 12.7. The second-order valence-corrected chi connectivity index (χ2v) is 9.77. The molecule has 1 unspecified atom stereocenters. The van der Waals surface area contributed by atoms with Gasteiger partial charge in [-0.05, 0) is 43.2 Å². The van der Waals surface area contributed by atoms with Crippen LogP contribution in [0.3, 0.4) is 0 Å². The highest BCUT2D eigenvalue weighted by atomic mass is 16.2. The number of imide groups is 1. The van der Waals surface area contributed by atoms with Gasteiger partial charge in [-0.15, -0.1) is 0 Å². The second-order valence-electron chi connectivity index (χ2n) is 9.77. The molecule has 5 heteroatoms. The SMILES string of the molecule is CC(C)(C)C(C)(C)CC1CC(=O)N(CCNCCN2CCCCC2)C1=O. The van der Waals surface area contributed by atoms with Gasteiger partial charge < -0.3 is 10.2 Å². The van der Waals surface area contributed by atoms with Gasteiger partial charge in [0.15, 0.2) is 0 Å². The lowest BCUT2D eigenvalue weighted by molar-refractivity contribution is -0.139. The summed E-state index contributed by atoms with van der Waals surface area (Å²) in [5.41, 5.74) is 0.135. The van der Waals surface area contributed by atoms with E-state index in [0.717, 1.165) is 19.5 Å². The Morgan fingerprint density at radius 2 is 1.58 bits per heavy atom. The van der Waals surface area contributed by atoms with Crippen molar-refractivity contribution in [2.24, 2.45) is 16.7 Å². The fourth-order valence-electron chi connectivity index (χ4n) is 3.80. The first-order chi connectivity index (χ1) is 12.1. The topological polar surface area (TPSA) is 52.7 Å². The molecular formula is C21H39N3O2. The molecule has 2 fully saturated rings. The van der Waals surface area contributed by atoms with Gasteiger partial charge in [0.25, 0.3) is 0 Å². The molecule has 0 radical (unpaired) electrons. The van der Waals surface area contributed by atoms with Gasteiger partial charge in [0.2, 0.25) is 11.8 Å². The molecule has 2 aliphatic heterocycles. The summed E-state index contributed by atoms with van der Waals surface area (Å²) in [4.78, 5) is 29.0. The van der Waals surface area contributed by atoms with Crippen LogP contribution in [0.4, 0.5) is 0 Å². The molecule has 2 amide bonds. The normalized spacial score (nSPS) is 23.1. The Morgan fingerprint density at radius 1 is 0.962 bits per heavy atom. The molecule has 1 N–H and O–H groups in total. The van der Waals surface area contributed by atoms with Crippen molar-refractivity contribution in [1.29, 1.82) is 0 Å². The maximum atomic E-state index is 12.7. The van der Waals surface area contributed by atoms with E-state index in [1.807, 2.05) is 0 Å². The third-order valence-electron chi connectivity index (χ3n) is 6.69. The number of rotatable bonds is 8. The summed E-state index contributed by atoms with van der Waals surface area (Å²) in [6, 6.07) is 0. The van der Waals surface area contributed by atoms with Crippen molar-refractivity contribution in [3.63, 3.8) is 0 Å². The number of piperidine rings is 1. The minimum atomic E-state index is -0.148. The van der Waals surface area contributed by atoms with Crippen molar-refractivity contribution >= 4 is 11.8 Å². The van der Waals surface area contributed by atoms with E-state index in [1.165, 1.54) is 37.3 Å². The van der Waals surface area contributed by atoms with Crippen molar-refractivity contribution in [3.05, 3.63) is 0 Å². The molecule has 2 saturated heterocycles. The Kier molecular flexibility index (Phi) is 7.26. The first-order valence-electron chi connectivity index (χ1n) is 10.4. The zero-order valence-corrected chi connectivity index (χ0v) is 17.6. The number of nitrogens with zero attached hydrogens (tertiary/aromatic N) is 2. The fraction of sp³-hybridized carbons (Fsp3) is 0.905. The Hall–Kier alpha value is -0.940. The summed E-state index contributed by atoms with van der Waals surface area (Å²) in [5.74, 6) is -0.113. The Morgan fingerprint density at radius 3 is 2.19 bits per heavy atom. The first-order valence-corrected chi connectivity index (χ1v) is 10.4. The standard InChI is InChI=1S/C21H39N3O2/c1-20(2,3)21(4,5)16-17-15-18(25)24(19(17)26)14-10-22-9-13-23-11-7-6-8-12-23/h17,22H,6-16H2,1-5H3. The van der Waals surface area contributed by atoms with Crippen LogP contribution in [0.25, 0.3) is 0 Å². The minimum Gasteiger partial charge on any atom is -0.314 e. The summed E-state index contributed by atoms with van der Waals surface area (Å²) in [6.07, 6.45) is 5.13. The molecule has 0 aromatic carbocycles. The molecule has 0 bridgehead atoms. The van der Waals surface area contributed by atoms with Crippen LogP contribution >= 0.6 is 0 Å². The molecule has 150 valence electrons. The van der Waals surface area contributed by atoms with Crippen LogP contribution in [0.1, 0.15) is 66.7 Å². The zero-order chi connectivity index (χ0) is 19.4. The third kappa shape index (κ3) is 5.53. The summed E-state index contributed by atoms with van der Waals surface area (Å²) in [5, 5.41) is 3.40. The van der Waals surface area contributed by atoms with E-state index in [-0.39, 0.29) is 28.6 Å². The predicted octanol–water partition coefficient (Wildman–Crippen LogP) is 2.90. The van der Waals surface area contributed by atoms with Gasteiger partial charge in [-0.3, -0.25) is 14.5 Å². The fourth-order valence-corrected chi connectivity index (χ4v) is 3.80. The van der Waals surface area contributed by atoms with Gasteiger partial charge >= 0.3 is 0 Å². The van der Waals surface area contributed by atoms with E-state index < -0.39 is 0 Å². The van der Waals surface area contributed by atoms with Gasteiger partial charge in [-0.2, -0.15) is 0 Å². The molecule has 1 atom stereocenters. The summed E-state index contributed by atoms with van der Waals surface area (Å²) in [6.45, 7) is 16.6. The molecule has 0 aromatic heterocycles. The number of hydrogen-bond donors (Lipinski definition) is 1. The van der Waals surface area contributed by atoms with Crippen LogP contribution in [0.15, 0.2) is 0 Å². The van der Waals surface area contributed by atoms with Crippen LogP contribution in [0, 0.1) is 16.7 Å². The number of carbonyl (C=O) groups excluding carboxylic acids is 2. The lowest BCUT2D eigenvalue weighted by Crippen LogP contribution is -2.40. The number of carbonyl (C=O) groups is 2. The monoisotopic (exact) mass is 365 g/mol. The molecular weight excluding hydrogens is 326 g/mol. The summed E-state index contributed by atoms with van der Waals surface area (Å²) in [7, 11) is 0. The summed E-state index contributed by atoms with van der Waals surface area (Å²) < 4.78 is 0. The molecule has 0 aromatic rings. The van der Waals surface area contributed by atoms with Crippen molar-refractivity contribution < 1.29 is 9.59 Å². The van der Waals surface area contributed by atoms with E-state index in [1.54, 1.807) is 0 Å². The van der Waals surface area contributed by atoms with Crippen LogP contribution in [-0.2, 0) is 9.59 Å². The molecule has 26 heavy (non-hydrogen) atoms. The largest absolute Gasteiger partial charge is 0.314 e. The van der Waals surface area contributed by atoms with Crippen molar-refractivity contribution in [3.8, 4) is 0 Å². The Labute approximate surface area is 159 Å². The highest BCUT2D eigenvalue weighted by molar-refractivity contribution is 6.03. The lowest BCUT2D eigenvalue weighted by Gasteiger charge is -2.40. The maximum Gasteiger partial charge on any atom is 0.232 e. The first kappa shape index (κ1) is 21.4. The Balaban J connectivity index is 1.72. The Bertz CT molecular complexity index is 490. The van der Waals surface area contributed by atoms with Gasteiger partial charge in [0.1, 0.15) is 0 Å². The van der Waals surface area contributed by atoms with Gasteiger partial charge in [-0.1, -0.05) is 41.0 Å². The average molecular weight is 366 g/mol. The molecule has 2 heterocycles. The van der Waals surface area contributed by atoms with E-state index in [9.17, 15) is 9.59 Å². The van der Waals surface area contributed by atoms with Crippen LogP contribution in [0.2, 0.25) is 0 Å². The van der Waals surface area contributed by atoms with Crippen LogP contribution < -0.4 is 5.32 Å². The number of amides is 2. The van der Waals surface area contributed by atoms with Crippen molar-refractivity contribution in [2.45, 2.75) is 66.7 Å². The highest BCUT2D eigenvalue weighted by Crippen LogP contribution is 2.44. The molecule has 0 spiro atoms. The van der Waals surface area contributed by atoms with E-state index in [2.05, 4.69) is 44.8 Å². The molecule has 0 aliphatic carbocycles. The van der Waals surface area contributed by atoms with Gasteiger partial charge in [0.05, 0.1) is 0 Å². The lowest BCUT2D eigenvalue weighted by atomic mass is 9.65. The summed E-state index contributed by atoms with van der Waals surface area (Å²) >= 11 is 0. The number of hydrogen-bond acceptors (Lipinski definition) is 4. The van der Waals surface area contributed by atoms with Gasteiger partial charge in [-0.25, -0.2) is 0 Å². The molecule has 0 saturated carbocycles. The quantitative estimate of drug-likeness (QED) is 0.531. The molecule has 2 aliphatic rings. The van der Waals surface area contributed by atoms with E-state index in [4.69, 9.17) is 0 Å². The molecule has 5 nitrogen and oxygen atoms in total. The van der Waals surface area contributed by atoms with Gasteiger partial charge in [0, 0.05) is 38.5 Å². The second kappa shape index (κ2) is 8.83. The van der Waals surface area contributed by atoms with Crippen molar-refractivity contribution in [2.75, 3.05) is 39.3 Å². The average Bonchev–Trinajstić information content (AvgIpc) is 2.81. The number of nitrogens with one attached hydrogen (secondary N) is 1. The van der Waals surface area contributed by atoms with Crippen LogP contribution in [-0.4, -0.2) is 60.9 Å². The third-order valence-corrected chi connectivity index (χ3v) is 6.69. The van der Waals surface area contributed by atoms with E-state index in [0.29, 0.717) is 19.5 Å². The minimum absolute atomic E-state index is 0.00235.